The highest BCUT2D eigenvalue weighted by Gasteiger charge is 2.36. The molecule has 1 aromatic heterocycles. The molecule has 1 aliphatic heterocycles. The average molecular weight is 239 g/mol. The van der Waals surface area contributed by atoms with Gasteiger partial charge in [0, 0.05) is 24.0 Å². The smallest absolute Gasteiger partial charge is 0.269 e. The minimum Gasteiger partial charge on any atom is -0.269 e. The lowest BCUT2D eigenvalue weighted by molar-refractivity contribution is -0.140. The van der Waals surface area contributed by atoms with E-state index in [1.807, 2.05) is 17.6 Å². The van der Waals surface area contributed by atoms with Gasteiger partial charge in [0.15, 0.2) is 0 Å². The second kappa shape index (κ2) is 4.01. The topological polar surface area (TPSA) is 79.4 Å². The molecule has 1 aromatic rings. The summed E-state index contributed by atoms with van der Waals surface area (Å²) in [5, 5.41) is 4.68. The van der Waals surface area contributed by atoms with Crippen molar-refractivity contribution in [3.05, 3.63) is 16.1 Å². The Kier molecular flexibility index (Phi) is 2.69. The summed E-state index contributed by atoms with van der Waals surface area (Å²) < 4.78 is 0. The zero-order valence-electron chi connectivity index (χ0n) is 8.52. The number of hydrogen-bond donors (Lipinski definition) is 1. The van der Waals surface area contributed by atoms with Gasteiger partial charge in [0.1, 0.15) is 0 Å². The van der Waals surface area contributed by atoms with Gasteiger partial charge in [-0.1, -0.05) is 0 Å². The molecule has 0 radical (unpaired) electrons. The Hall–Kier alpha value is -1.76. The van der Waals surface area contributed by atoms with Crippen molar-refractivity contribution in [3.8, 4) is 0 Å². The van der Waals surface area contributed by atoms with Crippen LogP contribution in [0.3, 0.4) is 0 Å². The summed E-state index contributed by atoms with van der Waals surface area (Å²) in [6.07, 6.45) is 0.477. The molecule has 1 N–H and O–H groups in total. The van der Waals surface area contributed by atoms with Gasteiger partial charge in [0.2, 0.25) is 0 Å². The van der Waals surface area contributed by atoms with Gasteiger partial charge in [-0.3, -0.25) is 19.8 Å². The molecule has 16 heavy (non-hydrogen) atoms. The van der Waals surface area contributed by atoms with Gasteiger partial charge in [0.25, 0.3) is 0 Å². The van der Waals surface area contributed by atoms with Crippen LogP contribution in [0.4, 0.5) is 4.79 Å². The van der Waals surface area contributed by atoms with Crippen molar-refractivity contribution < 1.29 is 14.4 Å². The number of thiazole rings is 1. The lowest BCUT2D eigenvalue weighted by Crippen LogP contribution is -2.32. The molecule has 4 amide bonds. The number of rotatable bonds is 3. The number of nitrogens with one attached hydrogen (secondary N) is 1. The Bertz CT molecular complexity index is 468. The zero-order chi connectivity index (χ0) is 11.7. The summed E-state index contributed by atoms with van der Waals surface area (Å²) >= 11 is 1.47. The summed E-state index contributed by atoms with van der Waals surface area (Å²) in [7, 11) is 0. The molecule has 2 heterocycles. The van der Waals surface area contributed by atoms with E-state index in [2.05, 4.69) is 4.98 Å². The van der Waals surface area contributed by atoms with E-state index in [1.54, 1.807) is 0 Å². The van der Waals surface area contributed by atoms with E-state index in [0.29, 0.717) is 6.42 Å². The third kappa shape index (κ3) is 1.94. The number of nitrogens with zero attached hydrogens (tertiary/aromatic N) is 2. The average Bonchev–Trinajstić information content (AvgIpc) is 2.72. The number of aromatic nitrogens is 1. The first kappa shape index (κ1) is 10.7. The van der Waals surface area contributed by atoms with Crippen molar-refractivity contribution in [2.75, 3.05) is 6.54 Å². The van der Waals surface area contributed by atoms with Gasteiger partial charge >= 0.3 is 17.8 Å². The van der Waals surface area contributed by atoms with E-state index in [9.17, 15) is 14.4 Å². The molecule has 1 fully saturated rings. The number of urea groups is 1. The fourth-order valence-corrected chi connectivity index (χ4v) is 2.13. The first-order chi connectivity index (χ1) is 7.58. The zero-order valence-corrected chi connectivity index (χ0v) is 9.34. The number of carbonyl (C=O) groups excluding carboxylic acids is 3. The molecule has 0 aromatic carbocycles. The fourth-order valence-electron chi connectivity index (χ4n) is 1.36. The molecule has 0 unspecified atom stereocenters. The molecule has 6 nitrogen and oxygen atoms in total. The van der Waals surface area contributed by atoms with Crippen LogP contribution in [0.1, 0.15) is 10.7 Å². The minimum atomic E-state index is -0.861. The molecule has 2 rings (SSSR count). The van der Waals surface area contributed by atoms with Gasteiger partial charge < -0.3 is 0 Å². The lowest BCUT2D eigenvalue weighted by atomic mass is 10.4. The lowest BCUT2D eigenvalue weighted by Gasteiger charge is -2.08. The van der Waals surface area contributed by atoms with Gasteiger partial charge in [-0.25, -0.2) is 9.78 Å². The monoisotopic (exact) mass is 239 g/mol. The van der Waals surface area contributed by atoms with Crippen LogP contribution in [-0.4, -0.2) is 34.3 Å². The number of hydrogen-bond acceptors (Lipinski definition) is 5. The van der Waals surface area contributed by atoms with Crippen molar-refractivity contribution >= 4 is 29.2 Å². The van der Waals surface area contributed by atoms with E-state index in [4.69, 9.17) is 0 Å². The van der Waals surface area contributed by atoms with Crippen molar-refractivity contribution in [1.29, 1.82) is 0 Å². The van der Waals surface area contributed by atoms with Crippen LogP contribution in [0, 0.1) is 6.92 Å². The first-order valence-corrected chi connectivity index (χ1v) is 5.53. The van der Waals surface area contributed by atoms with Crippen LogP contribution in [0.25, 0.3) is 0 Å². The number of amides is 4. The minimum absolute atomic E-state index is 0.184. The van der Waals surface area contributed by atoms with E-state index >= 15 is 0 Å². The molecule has 0 saturated carbocycles. The maximum atomic E-state index is 11.2. The van der Waals surface area contributed by atoms with E-state index < -0.39 is 17.8 Å². The molecule has 0 spiro atoms. The number of imide groups is 2. The molecular weight excluding hydrogens is 230 g/mol. The fraction of sp³-hybridized carbons (Fsp3) is 0.333. The second-order valence-corrected chi connectivity index (χ2v) is 4.29. The number of aryl methyl sites for hydroxylation is 1. The quantitative estimate of drug-likeness (QED) is 0.598. The third-order valence-corrected chi connectivity index (χ3v) is 3.15. The van der Waals surface area contributed by atoms with Crippen molar-refractivity contribution in [1.82, 2.24) is 15.2 Å². The van der Waals surface area contributed by atoms with Crippen LogP contribution < -0.4 is 5.32 Å². The van der Waals surface area contributed by atoms with E-state index in [0.717, 1.165) is 15.6 Å². The third-order valence-electron chi connectivity index (χ3n) is 2.12. The van der Waals surface area contributed by atoms with E-state index in [-0.39, 0.29) is 6.54 Å². The predicted molar refractivity (Wildman–Crippen MR) is 55.8 cm³/mol. The molecular formula is C9H9N3O3S. The molecule has 0 bridgehead atoms. The van der Waals surface area contributed by atoms with Crippen molar-refractivity contribution in [2.45, 2.75) is 13.3 Å². The van der Waals surface area contributed by atoms with Crippen molar-refractivity contribution in [2.24, 2.45) is 0 Å². The summed E-state index contributed by atoms with van der Waals surface area (Å²) in [5.41, 5.74) is 0.910. The Balaban J connectivity index is 1.98. The molecule has 0 aliphatic carbocycles. The second-order valence-electron chi connectivity index (χ2n) is 3.35. The Morgan fingerprint density at radius 3 is 2.69 bits per heavy atom. The summed E-state index contributed by atoms with van der Waals surface area (Å²) in [6.45, 7) is 2.06. The predicted octanol–water partition coefficient (Wildman–Crippen LogP) is 0.0724. The summed E-state index contributed by atoms with van der Waals surface area (Å²) in [5.74, 6) is -1.65. The molecule has 1 saturated heterocycles. The van der Waals surface area contributed by atoms with Crippen molar-refractivity contribution in [3.63, 3.8) is 0 Å². The standard InChI is InChI=1S/C9H9N3O3S/c1-5-4-16-6(10-5)2-3-12-8(14)7(13)11-9(12)15/h4H,2-3H2,1H3,(H,11,13,15). The maximum Gasteiger partial charge on any atom is 0.331 e. The maximum absolute atomic E-state index is 11.2. The molecule has 1 aliphatic rings. The summed E-state index contributed by atoms with van der Waals surface area (Å²) in [4.78, 5) is 38.4. The largest absolute Gasteiger partial charge is 0.331 e. The van der Waals surface area contributed by atoms with Crippen LogP contribution in [0.5, 0.6) is 0 Å². The molecule has 84 valence electrons. The van der Waals surface area contributed by atoms with Crippen LogP contribution in [0.2, 0.25) is 0 Å². The normalized spacial score (nSPS) is 15.8. The first-order valence-electron chi connectivity index (χ1n) is 4.66. The van der Waals surface area contributed by atoms with Crippen LogP contribution in [0.15, 0.2) is 5.38 Å². The van der Waals surface area contributed by atoms with Gasteiger partial charge in [-0.05, 0) is 6.92 Å². The van der Waals surface area contributed by atoms with Crippen LogP contribution in [-0.2, 0) is 16.0 Å². The highest BCUT2D eigenvalue weighted by Crippen LogP contribution is 2.11. The Labute approximate surface area is 95.3 Å². The van der Waals surface area contributed by atoms with Gasteiger partial charge in [0.05, 0.1) is 5.01 Å². The highest BCUT2D eigenvalue weighted by atomic mass is 32.1. The highest BCUT2D eigenvalue weighted by molar-refractivity contribution is 7.09. The Morgan fingerprint density at radius 1 is 1.44 bits per heavy atom. The summed E-state index contributed by atoms with van der Waals surface area (Å²) in [6, 6.07) is -0.650. The van der Waals surface area contributed by atoms with Gasteiger partial charge in [-0.15, -0.1) is 11.3 Å². The Morgan fingerprint density at radius 2 is 2.19 bits per heavy atom. The number of carbonyl (C=O) groups is 3. The molecule has 7 heteroatoms. The van der Waals surface area contributed by atoms with Gasteiger partial charge in [-0.2, -0.15) is 0 Å². The molecule has 0 atom stereocenters. The SMILES string of the molecule is Cc1csc(CCN2C(=O)NC(=O)C2=O)n1. The van der Waals surface area contributed by atoms with E-state index in [1.165, 1.54) is 11.3 Å². The van der Waals surface area contributed by atoms with Crippen LogP contribution >= 0.6 is 11.3 Å².